The molecule has 178 valence electrons. The van der Waals surface area contributed by atoms with Gasteiger partial charge in [0, 0.05) is 44.1 Å². The summed E-state index contributed by atoms with van der Waals surface area (Å²) in [7, 11) is 6.65. The molecule has 1 unspecified atom stereocenters. The standard InChI is InChI=1S/C26H34N2O5/c1-30-21-6-5-19-13-20(25(19)26(21)33-4)16-27-10-7-24(29)28-11-8-17-14-22(31-2)23(32-3)15-18(17)9-12-28/h5-6,14-15,20,27H,7-13,16H2,1-4H3. The van der Waals surface area contributed by atoms with E-state index in [2.05, 4.69) is 11.4 Å². The van der Waals surface area contributed by atoms with Crippen molar-refractivity contribution in [1.29, 1.82) is 0 Å². The summed E-state index contributed by atoms with van der Waals surface area (Å²) >= 11 is 0. The normalized spacial score (nSPS) is 16.7. The van der Waals surface area contributed by atoms with Crippen molar-refractivity contribution in [2.75, 3.05) is 54.6 Å². The summed E-state index contributed by atoms with van der Waals surface area (Å²) in [5.41, 5.74) is 5.00. The van der Waals surface area contributed by atoms with Crippen molar-refractivity contribution in [2.24, 2.45) is 0 Å². The summed E-state index contributed by atoms with van der Waals surface area (Å²) in [4.78, 5) is 14.8. The lowest BCUT2D eigenvalue weighted by atomic mass is 9.76. The van der Waals surface area contributed by atoms with Gasteiger partial charge in [-0.1, -0.05) is 6.07 Å². The van der Waals surface area contributed by atoms with Gasteiger partial charge in [-0.2, -0.15) is 0 Å². The van der Waals surface area contributed by atoms with Gasteiger partial charge in [-0.15, -0.1) is 0 Å². The van der Waals surface area contributed by atoms with Crippen molar-refractivity contribution in [2.45, 2.75) is 31.6 Å². The summed E-state index contributed by atoms with van der Waals surface area (Å²) in [6, 6.07) is 8.16. The molecule has 2 aromatic rings. The van der Waals surface area contributed by atoms with E-state index < -0.39 is 0 Å². The minimum absolute atomic E-state index is 0.197. The van der Waals surface area contributed by atoms with Crippen LogP contribution in [0.5, 0.6) is 23.0 Å². The number of benzene rings is 2. The first-order chi connectivity index (χ1) is 16.1. The summed E-state index contributed by atoms with van der Waals surface area (Å²) in [6.07, 6.45) is 3.18. The van der Waals surface area contributed by atoms with E-state index in [0.717, 1.165) is 61.9 Å². The van der Waals surface area contributed by atoms with Gasteiger partial charge in [0.25, 0.3) is 0 Å². The van der Waals surface area contributed by atoms with Crippen molar-refractivity contribution >= 4 is 5.91 Å². The predicted molar refractivity (Wildman–Crippen MR) is 127 cm³/mol. The van der Waals surface area contributed by atoms with Crippen LogP contribution < -0.4 is 24.3 Å². The fourth-order valence-corrected chi connectivity index (χ4v) is 4.96. The van der Waals surface area contributed by atoms with E-state index in [1.54, 1.807) is 28.4 Å². The van der Waals surface area contributed by atoms with Crippen molar-refractivity contribution in [1.82, 2.24) is 10.2 Å². The lowest BCUT2D eigenvalue weighted by molar-refractivity contribution is -0.131. The Morgan fingerprint density at radius 3 is 2.12 bits per heavy atom. The molecular weight excluding hydrogens is 420 g/mol. The average Bonchev–Trinajstić information content (AvgIpc) is 3.04. The second-order valence-corrected chi connectivity index (χ2v) is 8.59. The van der Waals surface area contributed by atoms with E-state index in [4.69, 9.17) is 18.9 Å². The highest BCUT2D eigenvalue weighted by atomic mass is 16.5. The van der Waals surface area contributed by atoms with Crippen LogP contribution >= 0.6 is 0 Å². The Morgan fingerprint density at radius 1 is 0.909 bits per heavy atom. The Kier molecular flexibility index (Phi) is 7.28. The molecule has 0 bridgehead atoms. The van der Waals surface area contributed by atoms with Gasteiger partial charge in [0.05, 0.1) is 28.4 Å². The lowest BCUT2D eigenvalue weighted by Crippen LogP contribution is -2.36. The number of fused-ring (bicyclic) bond motifs is 2. The molecule has 0 radical (unpaired) electrons. The number of amides is 1. The van der Waals surface area contributed by atoms with E-state index in [1.807, 2.05) is 23.1 Å². The fraction of sp³-hybridized carbons (Fsp3) is 0.500. The summed E-state index contributed by atoms with van der Waals surface area (Å²) in [5, 5.41) is 3.47. The molecule has 2 aromatic carbocycles. The highest BCUT2D eigenvalue weighted by Gasteiger charge is 2.31. The van der Waals surface area contributed by atoms with E-state index >= 15 is 0 Å². The van der Waals surface area contributed by atoms with Gasteiger partial charge in [0.2, 0.25) is 5.91 Å². The van der Waals surface area contributed by atoms with Crippen LogP contribution in [-0.4, -0.2) is 65.4 Å². The Labute approximate surface area is 196 Å². The smallest absolute Gasteiger partial charge is 0.223 e. The molecular formula is C26H34N2O5. The molecule has 1 aliphatic heterocycles. The fourth-order valence-electron chi connectivity index (χ4n) is 4.96. The lowest BCUT2D eigenvalue weighted by Gasteiger charge is -2.33. The van der Waals surface area contributed by atoms with E-state index in [1.165, 1.54) is 22.3 Å². The third kappa shape index (κ3) is 4.74. The SMILES string of the molecule is COc1cc2c(cc1OC)CCN(C(=O)CCNCC1Cc3ccc(OC)c(OC)c31)CC2. The quantitative estimate of drug-likeness (QED) is 0.588. The number of carbonyl (C=O) groups excluding carboxylic acids is 1. The van der Waals surface area contributed by atoms with Crippen LogP contribution in [0, 0.1) is 0 Å². The summed E-state index contributed by atoms with van der Waals surface area (Å²) in [5.74, 6) is 3.68. The zero-order valence-electron chi connectivity index (χ0n) is 20.0. The number of nitrogens with one attached hydrogen (secondary N) is 1. The van der Waals surface area contributed by atoms with Crippen molar-refractivity contribution in [3.05, 3.63) is 46.5 Å². The van der Waals surface area contributed by atoms with Crippen molar-refractivity contribution < 1.29 is 23.7 Å². The number of nitrogens with zero attached hydrogens (tertiary/aromatic N) is 1. The highest BCUT2D eigenvalue weighted by molar-refractivity contribution is 5.76. The van der Waals surface area contributed by atoms with Gasteiger partial charge >= 0.3 is 0 Å². The number of hydrogen-bond acceptors (Lipinski definition) is 6. The molecule has 7 nitrogen and oxygen atoms in total. The van der Waals surface area contributed by atoms with Gasteiger partial charge in [0.15, 0.2) is 23.0 Å². The molecule has 4 rings (SSSR count). The first-order valence-corrected chi connectivity index (χ1v) is 11.6. The molecule has 1 aliphatic carbocycles. The van der Waals surface area contributed by atoms with Crippen molar-refractivity contribution in [3.8, 4) is 23.0 Å². The number of ether oxygens (including phenoxy) is 4. The number of methoxy groups -OCH3 is 4. The van der Waals surface area contributed by atoms with Gasteiger partial charge in [-0.3, -0.25) is 4.79 Å². The molecule has 1 atom stereocenters. The molecule has 1 amide bonds. The molecule has 7 heteroatoms. The third-order valence-electron chi connectivity index (χ3n) is 6.82. The monoisotopic (exact) mass is 454 g/mol. The van der Waals surface area contributed by atoms with E-state index in [0.29, 0.717) is 18.9 Å². The Balaban J connectivity index is 1.27. The van der Waals surface area contributed by atoms with Crippen LogP contribution in [0.4, 0.5) is 0 Å². The number of carbonyl (C=O) groups is 1. The van der Waals surface area contributed by atoms with Crippen LogP contribution in [0.15, 0.2) is 24.3 Å². The van der Waals surface area contributed by atoms with Gasteiger partial charge in [-0.05, 0) is 54.2 Å². The predicted octanol–water partition coefficient (Wildman–Crippen LogP) is 2.97. The molecule has 0 saturated heterocycles. The molecule has 1 heterocycles. The minimum Gasteiger partial charge on any atom is -0.493 e. The Bertz CT molecular complexity index is 972. The zero-order chi connectivity index (χ0) is 23.4. The molecule has 0 saturated carbocycles. The van der Waals surface area contributed by atoms with Crippen molar-refractivity contribution in [3.63, 3.8) is 0 Å². The number of hydrogen-bond donors (Lipinski definition) is 1. The highest BCUT2D eigenvalue weighted by Crippen LogP contribution is 2.46. The molecule has 1 N–H and O–H groups in total. The minimum atomic E-state index is 0.197. The zero-order valence-corrected chi connectivity index (χ0v) is 20.0. The maximum absolute atomic E-state index is 12.9. The Hall–Kier alpha value is -2.93. The van der Waals surface area contributed by atoms with Crippen LogP contribution in [0.25, 0.3) is 0 Å². The maximum atomic E-state index is 12.9. The number of rotatable bonds is 9. The second-order valence-electron chi connectivity index (χ2n) is 8.59. The second kappa shape index (κ2) is 10.3. The van der Waals surface area contributed by atoms with Crippen LogP contribution in [0.3, 0.4) is 0 Å². The summed E-state index contributed by atoms with van der Waals surface area (Å²) in [6.45, 7) is 2.96. The molecule has 0 fully saturated rings. The first-order valence-electron chi connectivity index (χ1n) is 11.6. The largest absolute Gasteiger partial charge is 0.493 e. The average molecular weight is 455 g/mol. The third-order valence-corrected chi connectivity index (χ3v) is 6.82. The maximum Gasteiger partial charge on any atom is 0.223 e. The molecule has 0 aromatic heterocycles. The van der Waals surface area contributed by atoms with Gasteiger partial charge in [0.1, 0.15) is 0 Å². The van der Waals surface area contributed by atoms with E-state index in [-0.39, 0.29) is 5.91 Å². The Morgan fingerprint density at radius 2 is 1.55 bits per heavy atom. The summed E-state index contributed by atoms with van der Waals surface area (Å²) < 4.78 is 21.9. The topological polar surface area (TPSA) is 69.3 Å². The first kappa shape index (κ1) is 23.2. The van der Waals surface area contributed by atoms with Gasteiger partial charge in [-0.25, -0.2) is 0 Å². The molecule has 33 heavy (non-hydrogen) atoms. The van der Waals surface area contributed by atoms with Gasteiger partial charge < -0.3 is 29.2 Å². The van der Waals surface area contributed by atoms with Crippen LogP contribution in [-0.2, 0) is 24.1 Å². The van der Waals surface area contributed by atoms with Crippen LogP contribution in [0.1, 0.15) is 34.6 Å². The van der Waals surface area contributed by atoms with Crippen LogP contribution in [0.2, 0.25) is 0 Å². The molecule has 2 aliphatic rings. The van der Waals surface area contributed by atoms with E-state index in [9.17, 15) is 4.79 Å². The molecule has 0 spiro atoms.